The van der Waals surface area contributed by atoms with Crippen LogP contribution in [0.25, 0.3) is 0 Å². The molecule has 0 saturated carbocycles. The fourth-order valence-corrected chi connectivity index (χ4v) is 1.77. The summed E-state index contributed by atoms with van der Waals surface area (Å²) in [5.74, 6) is -1.91. The van der Waals surface area contributed by atoms with E-state index in [1.54, 1.807) is 0 Å². The first-order chi connectivity index (χ1) is 9.88. The van der Waals surface area contributed by atoms with Crippen LogP contribution in [0.2, 0.25) is 5.02 Å². The molecule has 0 aliphatic carbocycles. The topological polar surface area (TPSA) is 92.5 Å². The zero-order chi connectivity index (χ0) is 15.6. The fraction of sp³-hybridized carbons (Fsp3) is 0. The first kappa shape index (κ1) is 14.7. The van der Waals surface area contributed by atoms with E-state index in [0.29, 0.717) is 0 Å². The van der Waals surface area contributed by atoms with E-state index in [1.807, 2.05) is 0 Å². The van der Waals surface area contributed by atoms with Crippen LogP contribution in [-0.2, 0) is 0 Å². The number of nitrogens with one attached hydrogen (secondary N) is 1. The molecule has 2 aromatic carbocycles. The van der Waals surface area contributed by atoms with Crippen LogP contribution >= 0.6 is 11.6 Å². The normalized spacial score (nSPS) is 10.2. The quantitative estimate of drug-likeness (QED) is 0.671. The summed E-state index contributed by atoms with van der Waals surface area (Å²) in [4.78, 5) is 21.7. The number of nitro benzene ring substituents is 1. The monoisotopic (exact) mass is 310 g/mol. The Bertz CT molecular complexity index is 736. The van der Waals surface area contributed by atoms with Crippen LogP contribution in [-0.4, -0.2) is 15.9 Å². The van der Waals surface area contributed by atoms with Crippen molar-refractivity contribution in [2.75, 3.05) is 5.32 Å². The van der Waals surface area contributed by atoms with Gasteiger partial charge >= 0.3 is 5.69 Å². The average molecular weight is 311 g/mol. The summed E-state index contributed by atoms with van der Waals surface area (Å²) in [6.45, 7) is 0. The summed E-state index contributed by atoms with van der Waals surface area (Å²) in [5.41, 5.74) is -0.492. The number of rotatable bonds is 3. The Morgan fingerprint density at radius 3 is 2.62 bits per heavy atom. The second-order valence-corrected chi connectivity index (χ2v) is 4.45. The van der Waals surface area contributed by atoms with Gasteiger partial charge in [0.25, 0.3) is 5.91 Å². The summed E-state index contributed by atoms with van der Waals surface area (Å²) in [5, 5.41) is 22.5. The Balaban J connectivity index is 2.26. The van der Waals surface area contributed by atoms with E-state index in [1.165, 1.54) is 12.1 Å². The molecule has 21 heavy (non-hydrogen) atoms. The van der Waals surface area contributed by atoms with Crippen molar-refractivity contribution in [1.29, 1.82) is 0 Å². The van der Waals surface area contributed by atoms with Gasteiger partial charge < -0.3 is 10.4 Å². The third-order valence-electron chi connectivity index (χ3n) is 2.61. The van der Waals surface area contributed by atoms with Gasteiger partial charge in [-0.2, -0.15) is 0 Å². The molecule has 0 spiro atoms. The fourth-order valence-electron chi connectivity index (χ4n) is 1.61. The summed E-state index contributed by atoms with van der Waals surface area (Å²) in [7, 11) is 0. The number of carbonyl (C=O) groups is 1. The van der Waals surface area contributed by atoms with E-state index in [9.17, 15) is 24.4 Å². The van der Waals surface area contributed by atoms with E-state index in [-0.39, 0.29) is 16.3 Å². The summed E-state index contributed by atoms with van der Waals surface area (Å²) >= 11 is 5.81. The smallest absolute Gasteiger partial charge is 0.310 e. The third kappa shape index (κ3) is 3.26. The number of hydrogen-bond donors (Lipinski definition) is 2. The number of amides is 1. The number of phenolic OH excluding ortho intramolecular Hbond substituents is 1. The minimum absolute atomic E-state index is 0.0292. The lowest BCUT2D eigenvalue weighted by Gasteiger charge is -2.07. The second kappa shape index (κ2) is 5.76. The Labute approximate surface area is 122 Å². The molecule has 0 aliphatic heterocycles. The zero-order valence-electron chi connectivity index (χ0n) is 10.3. The van der Waals surface area contributed by atoms with Crippen molar-refractivity contribution in [2.24, 2.45) is 0 Å². The molecule has 0 unspecified atom stereocenters. The highest BCUT2D eigenvalue weighted by Crippen LogP contribution is 2.27. The van der Waals surface area contributed by atoms with Crippen molar-refractivity contribution in [1.82, 2.24) is 0 Å². The van der Waals surface area contributed by atoms with Crippen LogP contribution in [0.1, 0.15) is 10.4 Å². The van der Waals surface area contributed by atoms with Crippen molar-refractivity contribution in [2.45, 2.75) is 0 Å². The molecular weight excluding hydrogens is 303 g/mol. The third-order valence-corrected chi connectivity index (χ3v) is 2.94. The summed E-state index contributed by atoms with van der Waals surface area (Å²) in [6, 6.07) is 6.56. The second-order valence-electron chi connectivity index (χ2n) is 4.04. The molecule has 0 atom stereocenters. The van der Waals surface area contributed by atoms with E-state index < -0.39 is 28.1 Å². The van der Waals surface area contributed by atoms with Gasteiger partial charge in [-0.15, -0.1) is 0 Å². The Hall–Kier alpha value is -2.67. The van der Waals surface area contributed by atoms with E-state index >= 15 is 0 Å². The molecule has 0 bridgehead atoms. The van der Waals surface area contributed by atoms with Crippen LogP contribution in [0.3, 0.4) is 0 Å². The van der Waals surface area contributed by atoms with Crippen molar-refractivity contribution < 1.29 is 19.2 Å². The number of hydrogen-bond acceptors (Lipinski definition) is 4. The molecule has 6 nitrogen and oxygen atoms in total. The molecular formula is C13H8ClFN2O4. The number of benzene rings is 2. The van der Waals surface area contributed by atoms with Gasteiger partial charge in [-0.1, -0.05) is 11.6 Å². The van der Waals surface area contributed by atoms with Gasteiger partial charge in [0, 0.05) is 11.6 Å². The van der Waals surface area contributed by atoms with Crippen molar-refractivity contribution in [3.05, 3.63) is 62.9 Å². The number of anilines is 1. The van der Waals surface area contributed by atoms with Crippen LogP contribution in [0.15, 0.2) is 36.4 Å². The molecule has 2 rings (SSSR count). The van der Waals surface area contributed by atoms with E-state index in [0.717, 1.165) is 24.3 Å². The van der Waals surface area contributed by atoms with Crippen molar-refractivity contribution in [3.8, 4) is 5.75 Å². The molecule has 108 valence electrons. The molecule has 0 saturated heterocycles. The Kier molecular flexibility index (Phi) is 4.04. The lowest BCUT2D eigenvalue weighted by molar-refractivity contribution is -0.385. The number of halogens is 2. The molecule has 0 heterocycles. The zero-order valence-corrected chi connectivity index (χ0v) is 11.1. The minimum atomic E-state index is -0.777. The van der Waals surface area contributed by atoms with Crippen LogP contribution in [0.4, 0.5) is 15.8 Å². The summed E-state index contributed by atoms with van der Waals surface area (Å²) in [6.07, 6.45) is 0. The highest BCUT2D eigenvalue weighted by molar-refractivity contribution is 6.33. The largest absolute Gasteiger partial charge is 0.502 e. The Morgan fingerprint density at radius 1 is 1.29 bits per heavy atom. The van der Waals surface area contributed by atoms with Gasteiger partial charge in [-0.05, 0) is 30.3 Å². The van der Waals surface area contributed by atoms with Crippen LogP contribution < -0.4 is 5.32 Å². The predicted octanol–water partition coefficient (Wildman–Crippen LogP) is 3.35. The van der Waals surface area contributed by atoms with Crippen molar-refractivity contribution >= 4 is 28.9 Å². The molecule has 0 aromatic heterocycles. The molecule has 0 radical (unpaired) electrons. The number of nitro groups is 1. The standard InChI is InChI=1S/C13H8ClFN2O4/c14-9-3-2-8(15)6-10(9)16-13(19)7-1-4-11(17(20)21)12(18)5-7/h1-6,18H,(H,16,19). The highest BCUT2D eigenvalue weighted by atomic mass is 35.5. The van der Waals surface area contributed by atoms with Gasteiger partial charge in [0.1, 0.15) is 5.82 Å². The highest BCUT2D eigenvalue weighted by Gasteiger charge is 2.16. The predicted molar refractivity (Wildman–Crippen MR) is 74.1 cm³/mol. The lowest BCUT2D eigenvalue weighted by Crippen LogP contribution is -2.12. The minimum Gasteiger partial charge on any atom is -0.502 e. The first-order valence-electron chi connectivity index (χ1n) is 5.62. The van der Waals surface area contributed by atoms with Gasteiger partial charge in [0.2, 0.25) is 0 Å². The maximum atomic E-state index is 13.1. The van der Waals surface area contributed by atoms with Crippen molar-refractivity contribution in [3.63, 3.8) is 0 Å². The lowest BCUT2D eigenvalue weighted by atomic mass is 10.1. The number of carbonyl (C=O) groups excluding carboxylic acids is 1. The number of phenols is 1. The first-order valence-corrected chi connectivity index (χ1v) is 6.00. The van der Waals surface area contributed by atoms with Crippen LogP contribution in [0.5, 0.6) is 5.75 Å². The molecule has 2 aromatic rings. The van der Waals surface area contributed by atoms with Crippen LogP contribution in [0, 0.1) is 15.9 Å². The van der Waals surface area contributed by atoms with E-state index in [2.05, 4.69) is 5.32 Å². The number of nitrogens with zero attached hydrogens (tertiary/aromatic N) is 1. The molecule has 0 fully saturated rings. The molecule has 8 heteroatoms. The maximum absolute atomic E-state index is 13.1. The molecule has 0 aliphatic rings. The summed E-state index contributed by atoms with van der Waals surface area (Å²) < 4.78 is 13.1. The van der Waals surface area contributed by atoms with Gasteiger partial charge in [0.15, 0.2) is 5.75 Å². The maximum Gasteiger partial charge on any atom is 0.310 e. The van der Waals surface area contributed by atoms with Gasteiger partial charge in [-0.25, -0.2) is 4.39 Å². The SMILES string of the molecule is O=C(Nc1cc(F)ccc1Cl)c1ccc([N+](=O)[O-])c(O)c1. The van der Waals surface area contributed by atoms with Gasteiger partial charge in [-0.3, -0.25) is 14.9 Å². The van der Waals surface area contributed by atoms with E-state index in [4.69, 9.17) is 11.6 Å². The molecule has 2 N–H and O–H groups in total. The molecule has 1 amide bonds. The average Bonchev–Trinajstić information content (AvgIpc) is 2.42. The van der Waals surface area contributed by atoms with Gasteiger partial charge in [0.05, 0.1) is 15.6 Å². The Morgan fingerprint density at radius 2 is 2.00 bits per heavy atom. The number of aromatic hydroxyl groups is 1.